The molecule has 0 saturated carbocycles. The molecule has 0 aliphatic carbocycles. The number of aliphatic hydroxyl groups excluding tert-OH is 1. The molecule has 0 aromatic carbocycles. The molecule has 0 radical (unpaired) electrons. The smallest absolute Gasteiger partial charge is 0.187 e. The third-order valence-electron chi connectivity index (χ3n) is 2.88. The summed E-state index contributed by atoms with van der Waals surface area (Å²) < 4.78 is 0. The van der Waals surface area contributed by atoms with Crippen LogP contribution in [0.15, 0.2) is 5.16 Å². The minimum Gasteiger partial charge on any atom is -0.394 e. The van der Waals surface area contributed by atoms with Crippen molar-refractivity contribution in [3.63, 3.8) is 0 Å². The minimum atomic E-state index is -0.512. The van der Waals surface area contributed by atoms with Gasteiger partial charge in [0.15, 0.2) is 5.16 Å². The van der Waals surface area contributed by atoms with Gasteiger partial charge in [-0.25, -0.2) is 9.97 Å². The SMILES string of the molecule is Cc1nc(SCCC(C)(N)CO)nc(C)c1C. The van der Waals surface area contributed by atoms with Crippen LogP contribution in [0.5, 0.6) is 0 Å². The van der Waals surface area contributed by atoms with Gasteiger partial charge in [-0.3, -0.25) is 0 Å². The monoisotopic (exact) mass is 255 g/mol. The van der Waals surface area contributed by atoms with Crippen LogP contribution < -0.4 is 5.73 Å². The standard InChI is InChI=1S/C12H21N3OS/c1-8-9(2)14-11(15-10(8)3)17-6-5-12(4,13)7-16/h16H,5-7,13H2,1-4H3. The van der Waals surface area contributed by atoms with Crippen molar-refractivity contribution >= 4 is 11.8 Å². The Labute approximate surface area is 107 Å². The summed E-state index contributed by atoms with van der Waals surface area (Å²) in [6.45, 7) is 7.87. The number of aromatic nitrogens is 2. The quantitative estimate of drug-likeness (QED) is 0.617. The lowest BCUT2D eigenvalue weighted by Gasteiger charge is -2.20. The van der Waals surface area contributed by atoms with Crippen molar-refractivity contribution in [3.8, 4) is 0 Å². The van der Waals surface area contributed by atoms with Crippen molar-refractivity contribution in [1.82, 2.24) is 9.97 Å². The van der Waals surface area contributed by atoms with E-state index in [1.807, 2.05) is 27.7 Å². The molecule has 96 valence electrons. The van der Waals surface area contributed by atoms with E-state index in [1.165, 1.54) is 0 Å². The first-order chi connectivity index (χ1) is 7.85. The largest absolute Gasteiger partial charge is 0.394 e. The number of rotatable bonds is 5. The van der Waals surface area contributed by atoms with E-state index < -0.39 is 5.54 Å². The van der Waals surface area contributed by atoms with Crippen molar-refractivity contribution in [2.24, 2.45) is 5.73 Å². The zero-order chi connectivity index (χ0) is 13.1. The number of aryl methyl sites for hydroxylation is 2. The predicted molar refractivity (Wildman–Crippen MR) is 71.3 cm³/mol. The zero-order valence-electron chi connectivity index (χ0n) is 10.9. The van der Waals surface area contributed by atoms with Gasteiger partial charge in [0.25, 0.3) is 0 Å². The van der Waals surface area contributed by atoms with E-state index in [2.05, 4.69) is 9.97 Å². The van der Waals surface area contributed by atoms with Crippen LogP contribution in [0.4, 0.5) is 0 Å². The molecule has 0 bridgehead atoms. The molecule has 1 heterocycles. The van der Waals surface area contributed by atoms with Crippen molar-refractivity contribution in [2.75, 3.05) is 12.4 Å². The zero-order valence-corrected chi connectivity index (χ0v) is 11.8. The molecule has 1 atom stereocenters. The Bertz CT molecular complexity index is 370. The van der Waals surface area contributed by atoms with Crippen LogP contribution in [0.25, 0.3) is 0 Å². The van der Waals surface area contributed by atoms with E-state index in [4.69, 9.17) is 10.8 Å². The number of hydrogen-bond donors (Lipinski definition) is 2. The van der Waals surface area contributed by atoms with E-state index in [9.17, 15) is 0 Å². The second-order valence-corrected chi connectivity index (χ2v) is 5.77. The molecular formula is C12H21N3OS. The Kier molecular flexibility index (Phi) is 4.91. The molecule has 1 unspecified atom stereocenters. The van der Waals surface area contributed by atoms with Crippen LogP contribution >= 0.6 is 11.8 Å². The first-order valence-corrected chi connectivity index (χ1v) is 6.68. The van der Waals surface area contributed by atoms with Crippen molar-refractivity contribution in [3.05, 3.63) is 17.0 Å². The lowest BCUT2D eigenvalue weighted by Crippen LogP contribution is -2.40. The Hall–Kier alpha value is -0.650. The van der Waals surface area contributed by atoms with Crippen molar-refractivity contribution < 1.29 is 5.11 Å². The summed E-state index contributed by atoms with van der Waals surface area (Å²) in [5.41, 5.74) is 8.55. The Morgan fingerprint density at radius 3 is 2.24 bits per heavy atom. The summed E-state index contributed by atoms with van der Waals surface area (Å²) in [4.78, 5) is 8.85. The average molecular weight is 255 g/mol. The molecule has 0 amide bonds. The van der Waals surface area contributed by atoms with Crippen LogP contribution in [-0.4, -0.2) is 33.0 Å². The summed E-state index contributed by atoms with van der Waals surface area (Å²) in [7, 11) is 0. The normalized spacial score (nSPS) is 14.7. The van der Waals surface area contributed by atoms with Crippen LogP contribution in [0.3, 0.4) is 0 Å². The van der Waals surface area contributed by atoms with Gasteiger partial charge in [0.2, 0.25) is 0 Å². The first kappa shape index (κ1) is 14.4. The molecule has 3 N–H and O–H groups in total. The molecule has 17 heavy (non-hydrogen) atoms. The van der Waals surface area contributed by atoms with E-state index in [-0.39, 0.29) is 6.61 Å². The number of nitrogens with two attached hydrogens (primary N) is 1. The molecule has 0 saturated heterocycles. The molecule has 1 aromatic rings. The Balaban J connectivity index is 2.59. The maximum absolute atomic E-state index is 9.05. The summed E-state index contributed by atoms with van der Waals surface area (Å²) >= 11 is 1.59. The highest BCUT2D eigenvalue weighted by Gasteiger charge is 2.16. The Morgan fingerprint density at radius 2 is 1.76 bits per heavy atom. The lowest BCUT2D eigenvalue weighted by molar-refractivity contribution is 0.206. The van der Waals surface area contributed by atoms with Gasteiger partial charge < -0.3 is 10.8 Å². The van der Waals surface area contributed by atoms with Crippen LogP contribution in [0.1, 0.15) is 30.3 Å². The fourth-order valence-corrected chi connectivity index (χ4v) is 2.41. The van der Waals surface area contributed by atoms with E-state index in [0.29, 0.717) is 0 Å². The summed E-state index contributed by atoms with van der Waals surface area (Å²) in [6, 6.07) is 0. The van der Waals surface area contributed by atoms with E-state index in [0.717, 1.165) is 34.3 Å². The van der Waals surface area contributed by atoms with Gasteiger partial charge in [-0.15, -0.1) is 0 Å². The fourth-order valence-electron chi connectivity index (χ4n) is 1.26. The number of hydrogen-bond acceptors (Lipinski definition) is 5. The van der Waals surface area contributed by atoms with Gasteiger partial charge in [0.05, 0.1) is 6.61 Å². The second-order valence-electron chi connectivity index (χ2n) is 4.71. The lowest BCUT2D eigenvalue weighted by atomic mass is 10.0. The number of nitrogens with zero attached hydrogens (tertiary/aromatic N) is 2. The third kappa shape index (κ3) is 4.26. The van der Waals surface area contributed by atoms with Crippen molar-refractivity contribution in [1.29, 1.82) is 0 Å². The number of aliphatic hydroxyl groups is 1. The van der Waals surface area contributed by atoms with Crippen molar-refractivity contribution in [2.45, 2.75) is 44.8 Å². The summed E-state index contributed by atoms with van der Waals surface area (Å²) in [5, 5.41) is 9.84. The summed E-state index contributed by atoms with van der Waals surface area (Å²) in [6.07, 6.45) is 0.740. The molecular weight excluding hydrogens is 234 g/mol. The summed E-state index contributed by atoms with van der Waals surface area (Å²) in [5.74, 6) is 0.815. The molecule has 0 fully saturated rings. The van der Waals surface area contributed by atoms with Gasteiger partial charge in [0, 0.05) is 22.7 Å². The van der Waals surface area contributed by atoms with Gasteiger partial charge in [-0.05, 0) is 39.7 Å². The molecule has 0 spiro atoms. The maximum atomic E-state index is 9.05. The highest BCUT2D eigenvalue weighted by Crippen LogP contribution is 2.19. The highest BCUT2D eigenvalue weighted by molar-refractivity contribution is 7.99. The highest BCUT2D eigenvalue weighted by atomic mass is 32.2. The van der Waals surface area contributed by atoms with Gasteiger partial charge in [-0.2, -0.15) is 0 Å². The van der Waals surface area contributed by atoms with Gasteiger partial charge in [-0.1, -0.05) is 11.8 Å². The van der Waals surface area contributed by atoms with E-state index >= 15 is 0 Å². The molecule has 1 rings (SSSR count). The fraction of sp³-hybridized carbons (Fsp3) is 0.667. The van der Waals surface area contributed by atoms with Crippen LogP contribution in [-0.2, 0) is 0 Å². The van der Waals surface area contributed by atoms with Crippen LogP contribution in [0.2, 0.25) is 0 Å². The molecule has 4 nitrogen and oxygen atoms in total. The van der Waals surface area contributed by atoms with E-state index in [1.54, 1.807) is 11.8 Å². The van der Waals surface area contributed by atoms with Crippen LogP contribution in [0, 0.1) is 20.8 Å². The third-order valence-corrected chi connectivity index (χ3v) is 3.73. The number of thioether (sulfide) groups is 1. The Morgan fingerprint density at radius 1 is 1.24 bits per heavy atom. The maximum Gasteiger partial charge on any atom is 0.187 e. The predicted octanol–water partition coefficient (Wildman–Crippen LogP) is 1.59. The molecule has 5 heteroatoms. The molecule has 0 aliphatic rings. The topological polar surface area (TPSA) is 72.0 Å². The second kappa shape index (κ2) is 5.80. The minimum absolute atomic E-state index is 0.000368. The molecule has 1 aromatic heterocycles. The van der Waals surface area contributed by atoms with Gasteiger partial charge >= 0.3 is 0 Å². The first-order valence-electron chi connectivity index (χ1n) is 5.70. The van der Waals surface area contributed by atoms with Gasteiger partial charge in [0.1, 0.15) is 0 Å². The molecule has 0 aliphatic heterocycles. The average Bonchev–Trinajstić information content (AvgIpc) is 2.25.